The van der Waals surface area contributed by atoms with E-state index in [4.69, 9.17) is 4.42 Å². The lowest BCUT2D eigenvalue weighted by molar-refractivity contribution is -0.141. The van der Waals surface area contributed by atoms with Gasteiger partial charge in [-0.05, 0) is 41.5 Å². The summed E-state index contributed by atoms with van der Waals surface area (Å²) in [4.78, 5) is 58.2. The van der Waals surface area contributed by atoms with Crippen LogP contribution < -0.4 is 16.0 Å². The van der Waals surface area contributed by atoms with Gasteiger partial charge in [-0.3, -0.25) is 14.4 Å². The zero-order valence-corrected chi connectivity index (χ0v) is 23.3. The number of aromatic hydroxyl groups is 1. The molecule has 224 valence electrons. The molecule has 0 radical (unpaired) electrons. The van der Waals surface area contributed by atoms with Gasteiger partial charge in [-0.15, -0.1) is 0 Å². The van der Waals surface area contributed by atoms with Crippen molar-refractivity contribution < 1.29 is 33.8 Å². The van der Waals surface area contributed by atoms with Crippen molar-refractivity contribution in [3.63, 3.8) is 0 Å². The van der Waals surface area contributed by atoms with E-state index in [1.54, 1.807) is 42.6 Å². The van der Waals surface area contributed by atoms with Crippen molar-refractivity contribution in [3.05, 3.63) is 108 Å². The smallest absolute Gasteiger partial charge is 0.326 e. The molecule has 3 aromatic carbocycles. The fourth-order valence-electron chi connectivity index (χ4n) is 4.66. The first-order valence-electron chi connectivity index (χ1n) is 13.7. The maximum atomic E-state index is 13.2. The summed E-state index contributed by atoms with van der Waals surface area (Å²) in [5.74, 6) is -3.04. The van der Waals surface area contributed by atoms with Crippen LogP contribution in [-0.4, -0.2) is 62.5 Å². The predicted molar refractivity (Wildman–Crippen MR) is 160 cm³/mol. The van der Waals surface area contributed by atoms with Crippen molar-refractivity contribution in [2.24, 2.45) is 0 Å². The van der Waals surface area contributed by atoms with Crippen LogP contribution in [0.25, 0.3) is 22.4 Å². The highest BCUT2D eigenvalue weighted by Crippen LogP contribution is 2.20. The molecule has 3 amide bonds. The number of para-hydroxylation sites is 1. The van der Waals surface area contributed by atoms with E-state index < -0.39 is 42.3 Å². The van der Waals surface area contributed by atoms with Crippen molar-refractivity contribution in [1.82, 2.24) is 25.9 Å². The fourth-order valence-corrected chi connectivity index (χ4v) is 4.66. The van der Waals surface area contributed by atoms with Gasteiger partial charge < -0.3 is 35.6 Å². The Balaban J connectivity index is 1.24. The van der Waals surface area contributed by atoms with E-state index in [1.165, 1.54) is 18.4 Å². The number of nitrogens with zero attached hydrogens (tertiary/aromatic N) is 1. The fraction of sp³-hybridized carbons (Fsp3) is 0.156. The summed E-state index contributed by atoms with van der Waals surface area (Å²) in [6, 6.07) is 20.1. The maximum absolute atomic E-state index is 13.2. The van der Waals surface area contributed by atoms with Gasteiger partial charge in [0.05, 0.1) is 6.54 Å². The number of phenolic OH excluding ortho intramolecular Hbond substituents is 1. The molecule has 0 saturated carbocycles. The number of rotatable bonds is 12. The molecule has 0 aliphatic carbocycles. The van der Waals surface area contributed by atoms with Gasteiger partial charge in [-0.2, -0.15) is 0 Å². The second-order valence-corrected chi connectivity index (χ2v) is 10.0. The Morgan fingerprint density at radius 1 is 0.864 bits per heavy atom. The number of fused-ring (bicyclic) bond motifs is 1. The minimum atomic E-state index is -1.24. The zero-order chi connectivity index (χ0) is 31.1. The highest BCUT2D eigenvalue weighted by atomic mass is 16.4. The second kappa shape index (κ2) is 13.4. The largest absolute Gasteiger partial charge is 0.508 e. The SMILES string of the molecule is O=C(CNC(=O)[C@H](Cc1ccc(O)cc1)NC(=O)c1coc(-c2ccccc2)n1)N[C@@H](Cc1c[nH]c2ccccc12)C(=O)O. The minimum Gasteiger partial charge on any atom is -0.508 e. The van der Waals surface area contributed by atoms with Crippen molar-refractivity contribution in [2.45, 2.75) is 24.9 Å². The lowest BCUT2D eigenvalue weighted by atomic mass is 10.0. The van der Waals surface area contributed by atoms with Crippen molar-refractivity contribution in [1.29, 1.82) is 0 Å². The summed E-state index contributed by atoms with van der Waals surface area (Å²) in [7, 11) is 0. The quantitative estimate of drug-likeness (QED) is 0.127. The average Bonchev–Trinajstić information content (AvgIpc) is 3.69. The molecule has 0 aliphatic rings. The molecule has 2 heterocycles. The number of benzene rings is 3. The van der Waals surface area contributed by atoms with Crippen molar-refractivity contribution >= 4 is 34.6 Å². The summed E-state index contributed by atoms with van der Waals surface area (Å²) in [6.07, 6.45) is 2.94. The maximum Gasteiger partial charge on any atom is 0.326 e. The van der Waals surface area contributed by atoms with Crippen LogP contribution in [0.4, 0.5) is 0 Å². The van der Waals surface area contributed by atoms with Crippen LogP contribution >= 0.6 is 0 Å². The number of carboxylic acid groups (broad SMARTS) is 1. The lowest BCUT2D eigenvalue weighted by Gasteiger charge is -2.19. The molecule has 5 rings (SSSR count). The summed E-state index contributed by atoms with van der Waals surface area (Å²) in [5.41, 5.74) is 2.81. The van der Waals surface area contributed by atoms with Gasteiger partial charge in [0.2, 0.25) is 17.7 Å². The van der Waals surface area contributed by atoms with E-state index in [0.717, 1.165) is 16.5 Å². The molecule has 0 aliphatic heterocycles. The summed E-state index contributed by atoms with van der Waals surface area (Å²) in [5, 5.41) is 27.8. The zero-order valence-electron chi connectivity index (χ0n) is 23.3. The first-order chi connectivity index (χ1) is 21.3. The Kier molecular flexibility index (Phi) is 8.99. The number of hydrogen-bond acceptors (Lipinski definition) is 7. The van der Waals surface area contributed by atoms with Crippen LogP contribution in [0, 0.1) is 0 Å². The van der Waals surface area contributed by atoms with E-state index in [0.29, 0.717) is 11.1 Å². The molecule has 6 N–H and O–H groups in total. The van der Waals surface area contributed by atoms with Crippen LogP contribution in [0.1, 0.15) is 21.6 Å². The summed E-state index contributed by atoms with van der Waals surface area (Å²) < 4.78 is 5.44. The van der Waals surface area contributed by atoms with Gasteiger partial charge in [-0.1, -0.05) is 48.5 Å². The number of hydrogen-bond donors (Lipinski definition) is 6. The molecule has 0 fully saturated rings. The Bertz CT molecular complexity index is 1780. The molecule has 2 aromatic heterocycles. The molecule has 2 atom stereocenters. The summed E-state index contributed by atoms with van der Waals surface area (Å²) >= 11 is 0. The summed E-state index contributed by atoms with van der Waals surface area (Å²) in [6.45, 7) is -0.527. The average molecular weight is 596 g/mol. The molecule has 0 bridgehead atoms. The molecule has 0 saturated heterocycles. The van der Waals surface area contributed by atoms with Gasteiger partial charge in [-0.25, -0.2) is 9.78 Å². The number of amides is 3. The molecule has 5 aromatic rings. The van der Waals surface area contributed by atoms with Gasteiger partial charge >= 0.3 is 5.97 Å². The number of aliphatic carboxylic acids is 1. The number of phenols is 1. The van der Waals surface area contributed by atoms with Crippen LogP contribution in [0.5, 0.6) is 5.75 Å². The molecular weight excluding hydrogens is 566 g/mol. The van der Waals surface area contributed by atoms with Crippen LogP contribution in [0.2, 0.25) is 0 Å². The molecular formula is C32H29N5O7. The third kappa shape index (κ3) is 7.29. The Morgan fingerprint density at radius 3 is 2.34 bits per heavy atom. The van der Waals surface area contributed by atoms with Crippen LogP contribution in [0.3, 0.4) is 0 Å². The number of carboxylic acids is 1. The van der Waals surface area contributed by atoms with E-state index >= 15 is 0 Å². The standard InChI is InChI=1S/C32H29N5O7/c38-22-12-10-19(11-13-22)14-25(36-30(41)27-18-44-31(37-27)20-6-2-1-3-7-20)29(40)34-17-28(39)35-26(32(42)43)15-21-16-33-24-9-5-4-8-23(21)24/h1-13,16,18,25-26,33,38H,14-15,17H2,(H,34,40)(H,35,39)(H,36,41)(H,42,43)/t25-,26-/m0/s1. The normalized spacial score (nSPS) is 12.3. The number of aromatic amines is 1. The van der Waals surface area contributed by atoms with Crippen LogP contribution in [0.15, 0.2) is 95.7 Å². The number of oxazole rings is 1. The first-order valence-corrected chi connectivity index (χ1v) is 13.7. The number of H-pyrrole nitrogens is 1. The number of nitrogens with one attached hydrogen (secondary N) is 4. The third-order valence-electron chi connectivity index (χ3n) is 6.91. The van der Waals surface area contributed by atoms with Crippen molar-refractivity contribution in [3.8, 4) is 17.2 Å². The third-order valence-corrected chi connectivity index (χ3v) is 6.91. The second-order valence-electron chi connectivity index (χ2n) is 10.0. The van der Waals surface area contributed by atoms with E-state index in [2.05, 4.69) is 25.9 Å². The Morgan fingerprint density at radius 2 is 1.59 bits per heavy atom. The molecule has 12 nitrogen and oxygen atoms in total. The van der Waals surface area contributed by atoms with E-state index in [1.807, 2.05) is 30.3 Å². The van der Waals surface area contributed by atoms with Crippen molar-refractivity contribution in [2.75, 3.05) is 6.54 Å². The molecule has 44 heavy (non-hydrogen) atoms. The Hall–Kier alpha value is -5.91. The lowest BCUT2D eigenvalue weighted by Crippen LogP contribution is -2.51. The molecule has 0 unspecified atom stereocenters. The van der Waals surface area contributed by atoms with Gasteiger partial charge in [0.15, 0.2) is 5.69 Å². The first kappa shape index (κ1) is 29.6. The minimum absolute atomic E-state index is 0.0289. The molecule has 0 spiro atoms. The highest BCUT2D eigenvalue weighted by molar-refractivity contribution is 5.97. The van der Waals surface area contributed by atoms with E-state index in [-0.39, 0.29) is 30.2 Å². The number of carbonyl (C=O) groups excluding carboxylic acids is 3. The van der Waals surface area contributed by atoms with E-state index in [9.17, 15) is 29.4 Å². The van der Waals surface area contributed by atoms with Gasteiger partial charge in [0.25, 0.3) is 5.91 Å². The van der Waals surface area contributed by atoms with Gasteiger partial charge in [0, 0.05) is 35.5 Å². The number of aromatic nitrogens is 2. The number of carbonyl (C=O) groups is 4. The topological polar surface area (TPSA) is 187 Å². The Labute approximate surface area is 251 Å². The highest BCUT2D eigenvalue weighted by Gasteiger charge is 2.26. The predicted octanol–water partition coefficient (Wildman–Crippen LogP) is 2.80. The monoisotopic (exact) mass is 595 g/mol. The van der Waals surface area contributed by atoms with Crippen LogP contribution in [-0.2, 0) is 27.2 Å². The van der Waals surface area contributed by atoms with Gasteiger partial charge in [0.1, 0.15) is 24.1 Å². The molecule has 12 heteroatoms.